The van der Waals surface area contributed by atoms with Gasteiger partial charge in [-0.3, -0.25) is 0 Å². The minimum atomic E-state index is -0.480. The molecule has 20 heavy (non-hydrogen) atoms. The third-order valence-electron chi connectivity index (χ3n) is 3.49. The van der Waals surface area contributed by atoms with Gasteiger partial charge in [0.2, 0.25) is 0 Å². The molecule has 0 amide bonds. The summed E-state index contributed by atoms with van der Waals surface area (Å²) in [6.45, 7) is 6.78. The smallest absolute Gasteiger partial charge is 0.119 e. The Kier molecular flexibility index (Phi) is 4.80. The highest BCUT2D eigenvalue weighted by Crippen LogP contribution is 2.23. The van der Waals surface area contributed by atoms with Gasteiger partial charge in [0.25, 0.3) is 0 Å². The van der Waals surface area contributed by atoms with Crippen LogP contribution in [0.1, 0.15) is 35.3 Å². The van der Waals surface area contributed by atoms with E-state index in [4.69, 9.17) is 4.74 Å². The number of aryl methyl sites for hydroxylation is 2. The molecule has 0 aliphatic carbocycles. The number of hydrogen-bond donors (Lipinski definition) is 1. The molecule has 2 rings (SSSR count). The van der Waals surface area contributed by atoms with Crippen LogP contribution in [0.5, 0.6) is 5.75 Å². The fraction of sp³-hybridized carbons (Fsp3) is 0.333. The first-order chi connectivity index (χ1) is 9.60. The van der Waals surface area contributed by atoms with E-state index in [1.807, 2.05) is 31.2 Å². The third kappa shape index (κ3) is 3.61. The maximum absolute atomic E-state index is 10.4. The molecule has 1 unspecified atom stereocenters. The summed E-state index contributed by atoms with van der Waals surface area (Å²) in [6.07, 6.45) is 0.160. The first-order valence-corrected chi connectivity index (χ1v) is 7.07. The summed E-state index contributed by atoms with van der Waals surface area (Å²) in [4.78, 5) is 0. The summed E-state index contributed by atoms with van der Waals surface area (Å²) in [5.74, 6) is 0.843. The normalized spacial score (nSPS) is 12.2. The van der Waals surface area contributed by atoms with Crippen molar-refractivity contribution in [3.8, 4) is 5.75 Å². The molecule has 0 bridgehead atoms. The number of hydrogen-bond acceptors (Lipinski definition) is 2. The summed E-state index contributed by atoms with van der Waals surface area (Å²) in [6, 6.07) is 14.0. The number of ether oxygens (including phenoxy) is 1. The number of aliphatic hydroxyl groups is 1. The highest BCUT2D eigenvalue weighted by molar-refractivity contribution is 5.33. The van der Waals surface area contributed by atoms with Crippen LogP contribution in [0.15, 0.2) is 42.5 Å². The predicted octanol–water partition coefficient (Wildman–Crippen LogP) is 3.98. The van der Waals surface area contributed by atoms with E-state index >= 15 is 0 Å². The van der Waals surface area contributed by atoms with E-state index in [1.165, 1.54) is 16.7 Å². The quantitative estimate of drug-likeness (QED) is 0.890. The average molecular weight is 270 g/mol. The van der Waals surface area contributed by atoms with Gasteiger partial charge in [-0.2, -0.15) is 0 Å². The molecule has 1 N–H and O–H groups in total. The molecule has 2 aromatic carbocycles. The Morgan fingerprint density at radius 1 is 1.05 bits per heavy atom. The Labute approximate surface area is 121 Å². The standard InChI is InChI=1S/C18H22O2/c1-4-20-17-9-7-15(8-10-17)18(19)12-16-11-13(2)5-6-14(16)3/h5-11,18-19H,4,12H2,1-3H3. The fourth-order valence-corrected chi connectivity index (χ4v) is 2.30. The van der Waals surface area contributed by atoms with Gasteiger partial charge in [0.1, 0.15) is 5.75 Å². The van der Waals surface area contributed by atoms with Crippen LogP contribution in [-0.4, -0.2) is 11.7 Å². The Balaban J connectivity index is 2.11. The second-order valence-electron chi connectivity index (χ2n) is 5.15. The molecule has 0 saturated carbocycles. The molecule has 0 saturated heterocycles. The van der Waals surface area contributed by atoms with Crippen molar-refractivity contribution in [1.29, 1.82) is 0 Å². The largest absolute Gasteiger partial charge is 0.494 e. The fourth-order valence-electron chi connectivity index (χ4n) is 2.30. The van der Waals surface area contributed by atoms with Gasteiger partial charge in [-0.15, -0.1) is 0 Å². The van der Waals surface area contributed by atoms with E-state index in [2.05, 4.69) is 32.0 Å². The van der Waals surface area contributed by atoms with Crippen LogP contribution in [0, 0.1) is 13.8 Å². The molecule has 0 aliphatic rings. The topological polar surface area (TPSA) is 29.5 Å². The Morgan fingerprint density at radius 3 is 2.40 bits per heavy atom. The van der Waals surface area contributed by atoms with Crippen molar-refractivity contribution in [2.24, 2.45) is 0 Å². The molecule has 2 heteroatoms. The maximum Gasteiger partial charge on any atom is 0.119 e. The maximum atomic E-state index is 10.4. The molecule has 0 spiro atoms. The third-order valence-corrected chi connectivity index (χ3v) is 3.49. The average Bonchev–Trinajstić information content (AvgIpc) is 2.44. The van der Waals surface area contributed by atoms with Crippen LogP contribution < -0.4 is 4.74 Å². The molecule has 2 nitrogen and oxygen atoms in total. The SMILES string of the molecule is CCOc1ccc(C(O)Cc2cc(C)ccc2C)cc1. The minimum Gasteiger partial charge on any atom is -0.494 e. The van der Waals surface area contributed by atoms with Crippen LogP contribution in [0.25, 0.3) is 0 Å². The van der Waals surface area contributed by atoms with E-state index in [-0.39, 0.29) is 0 Å². The number of rotatable bonds is 5. The van der Waals surface area contributed by atoms with Crippen molar-refractivity contribution in [3.05, 3.63) is 64.7 Å². The lowest BCUT2D eigenvalue weighted by Crippen LogP contribution is -2.03. The minimum absolute atomic E-state index is 0.480. The summed E-state index contributed by atoms with van der Waals surface area (Å²) in [7, 11) is 0. The summed E-state index contributed by atoms with van der Waals surface area (Å²) < 4.78 is 5.41. The van der Waals surface area contributed by atoms with Crippen molar-refractivity contribution in [1.82, 2.24) is 0 Å². The van der Waals surface area contributed by atoms with Gasteiger partial charge < -0.3 is 9.84 Å². The van der Waals surface area contributed by atoms with Gasteiger partial charge >= 0.3 is 0 Å². The van der Waals surface area contributed by atoms with Crippen molar-refractivity contribution < 1.29 is 9.84 Å². The van der Waals surface area contributed by atoms with Crippen LogP contribution >= 0.6 is 0 Å². The molecule has 0 radical (unpaired) electrons. The lowest BCUT2D eigenvalue weighted by atomic mass is 9.97. The van der Waals surface area contributed by atoms with E-state index in [9.17, 15) is 5.11 Å². The molecule has 0 heterocycles. The first kappa shape index (κ1) is 14.6. The lowest BCUT2D eigenvalue weighted by molar-refractivity contribution is 0.178. The molecule has 0 fully saturated rings. The molecule has 106 valence electrons. The zero-order valence-corrected chi connectivity index (χ0v) is 12.4. The van der Waals surface area contributed by atoms with E-state index in [0.717, 1.165) is 11.3 Å². The van der Waals surface area contributed by atoms with E-state index in [0.29, 0.717) is 13.0 Å². The Bertz CT molecular complexity index is 558. The van der Waals surface area contributed by atoms with E-state index in [1.54, 1.807) is 0 Å². The Morgan fingerprint density at radius 2 is 1.75 bits per heavy atom. The van der Waals surface area contributed by atoms with Gasteiger partial charge in [-0.1, -0.05) is 35.9 Å². The molecule has 1 atom stereocenters. The van der Waals surface area contributed by atoms with E-state index < -0.39 is 6.10 Å². The van der Waals surface area contributed by atoms with Gasteiger partial charge in [0, 0.05) is 6.42 Å². The number of benzene rings is 2. The van der Waals surface area contributed by atoms with Gasteiger partial charge in [0.05, 0.1) is 12.7 Å². The lowest BCUT2D eigenvalue weighted by Gasteiger charge is -2.14. The van der Waals surface area contributed by atoms with Crippen LogP contribution in [0.3, 0.4) is 0 Å². The molecular formula is C18H22O2. The van der Waals surface area contributed by atoms with Gasteiger partial charge in [-0.05, 0) is 49.6 Å². The van der Waals surface area contributed by atoms with Crippen molar-refractivity contribution in [2.75, 3.05) is 6.61 Å². The van der Waals surface area contributed by atoms with Crippen LogP contribution in [0.2, 0.25) is 0 Å². The van der Waals surface area contributed by atoms with Crippen molar-refractivity contribution >= 4 is 0 Å². The predicted molar refractivity (Wildman–Crippen MR) is 82.2 cm³/mol. The van der Waals surface area contributed by atoms with Gasteiger partial charge in [0.15, 0.2) is 0 Å². The highest BCUT2D eigenvalue weighted by Gasteiger charge is 2.10. The number of aliphatic hydroxyl groups excluding tert-OH is 1. The zero-order valence-electron chi connectivity index (χ0n) is 12.4. The summed E-state index contributed by atoms with van der Waals surface area (Å²) >= 11 is 0. The van der Waals surface area contributed by atoms with Crippen molar-refractivity contribution in [2.45, 2.75) is 33.3 Å². The van der Waals surface area contributed by atoms with Crippen LogP contribution in [-0.2, 0) is 6.42 Å². The van der Waals surface area contributed by atoms with Crippen molar-refractivity contribution in [3.63, 3.8) is 0 Å². The van der Waals surface area contributed by atoms with Gasteiger partial charge in [-0.25, -0.2) is 0 Å². The second-order valence-corrected chi connectivity index (χ2v) is 5.15. The Hall–Kier alpha value is -1.80. The highest BCUT2D eigenvalue weighted by atomic mass is 16.5. The first-order valence-electron chi connectivity index (χ1n) is 7.07. The summed E-state index contributed by atoms with van der Waals surface area (Å²) in [5, 5.41) is 10.4. The zero-order chi connectivity index (χ0) is 14.5. The molecule has 2 aromatic rings. The van der Waals surface area contributed by atoms with Crippen LogP contribution in [0.4, 0.5) is 0 Å². The summed E-state index contributed by atoms with van der Waals surface area (Å²) in [5.41, 5.74) is 4.57. The molecular weight excluding hydrogens is 248 g/mol. The molecule has 0 aromatic heterocycles. The monoisotopic (exact) mass is 270 g/mol. The molecule has 0 aliphatic heterocycles. The second kappa shape index (κ2) is 6.58.